The van der Waals surface area contributed by atoms with E-state index in [1.807, 2.05) is 17.9 Å². The molecule has 2 nitrogen and oxygen atoms in total. The maximum Gasteiger partial charge on any atom is 0.217 e. The molecule has 1 aromatic rings. The highest BCUT2D eigenvalue weighted by atomic mass is 31.0. The molecule has 0 amide bonds. The molecule has 3 heteroatoms. The van der Waals surface area contributed by atoms with E-state index < -0.39 is 0 Å². The fourth-order valence-electron chi connectivity index (χ4n) is 0.571. The second-order valence-electron chi connectivity index (χ2n) is 1.91. The third-order valence-electron chi connectivity index (χ3n) is 1.00. The molecule has 0 spiro atoms. The van der Waals surface area contributed by atoms with E-state index in [2.05, 4.69) is 11.7 Å². The Bertz CT molecular complexity index is 178. The van der Waals surface area contributed by atoms with Crippen LogP contribution in [0.2, 0.25) is 0 Å². The zero-order chi connectivity index (χ0) is 7.23. The summed E-state index contributed by atoms with van der Waals surface area (Å²) in [5.74, 6) is 2.73. The molecule has 0 saturated carbocycles. The first-order valence-corrected chi connectivity index (χ1v) is 4.25. The van der Waals surface area contributed by atoms with E-state index in [4.69, 9.17) is 4.74 Å². The molecule has 0 bridgehead atoms. The van der Waals surface area contributed by atoms with Gasteiger partial charge in [-0.15, -0.1) is 0 Å². The van der Waals surface area contributed by atoms with Crippen molar-refractivity contribution >= 4 is 8.35 Å². The molecule has 0 unspecified atom stereocenters. The average molecular weight is 155 g/mol. The number of rotatable bonds is 3. The summed E-state index contributed by atoms with van der Waals surface area (Å²) >= 11 is 0. The van der Waals surface area contributed by atoms with Crippen LogP contribution in [0.15, 0.2) is 17.9 Å². The lowest BCUT2D eigenvalue weighted by Gasteiger charge is -1.99. The van der Waals surface area contributed by atoms with Crippen LogP contribution in [-0.2, 0) is 0 Å². The summed E-state index contributed by atoms with van der Waals surface area (Å²) < 4.78 is 9.36. The standard InChI is InChI=1S/C7H10NOP/c1-2-5-9-7-4-3-6-10-8-7/h3-4,6H,2,5H2,1H3. The Morgan fingerprint density at radius 3 is 3.20 bits per heavy atom. The van der Waals surface area contributed by atoms with Gasteiger partial charge in [0, 0.05) is 14.4 Å². The van der Waals surface area contributed by atoms with E-state index in [1.165, 1.54) is 0 Å². The van der Waals surface area contributed by atoms with Crippen molar-refractivity contribution in [2.75, 3.05) is 6.61 Å². The molecule has 0 aliphatic carbocycles. The third-order valence-corrected chi connectivity index (χ3v) is 1.62. The van der Waals surface area contributed by atoms with Gasteiger partial charge in [0.05, 0.1) is 6.61 Å². The second-order valence-corrected chi connectivity index (χ2v) is 2.64. The zero-order valence-electron chi connectivity index (χ0n) is 5.95. The van der Waals surface area contributed by atoms with Gasteiger partial charge in [-0.3, -0.25) is 0 Å². The van der Waals surface area contributed by atoms with Crippen molar-refractivity contribution in [2.24, 2.45) is 0 Å². The summed E-state index contributed by atoms with van der Waals surface area (Å²) in [5, 5.41) is 0. The van der Waals surface area contributed by atoms with Crippen molar-refractivity contribution in [3.63, 3.8) is 0 Å². The normalized spacial score (nSPS) is 10.1. The highest BCUT2D eigenvalue weighted by molar-refractivity contribution is 7.24. The van der Waals surface area contributed by atoms with Gasteiger partial charge in [-0.2, -0.15) is 4.75 Å². The lowest BCUT2D eigenvalue weighted by molar-refractivity contribution is 0.308. The Kier molecular flexibility index (Phi) is 3.17. The van der Waals surface area contributed by atoms with Gasteiger partial charge < -0.3 is 4.74 Å². The summed E-state index contributed by atoms with van der Waals surface area (Å²) in [5.41, 5.74) is 0. The predicted molar refractivity (Wildman–Crippen MR) is 42.5 cm³/mol. The van der Waals surface area contributed by atoms with E-state index in [9.17, 15) is 0 Å². The number of nitrogens with zero attached hydrogens (tertiary/aromatic N) is 1. The summed E-state index contributed by atoms with van der Waals surface area (Å²) in [6, 6.07) is 3.84. The first-order chi connectivity index (χ1) is 4.93. The maximum atomic E-state index is 5.27. The first-order valence-electron chi connectivity index (χ1n) is 3.34. The van der Waals surface area contributed by atoms with Crippen LogP contribution in [0.3, 0.4) is 0 Å². The fraction of sp³-hybridized carbons (Fsp3) is 0.429. The van der Waals surface area contributed by atoms with Gasteiger partial charge in [-0.25, -0.2) is 0 Å². The summed E-state index contributed by atoms with van der Waals surface area (Å²) in [7, 11) is 0.975. The van der Waals surface area contributed by atoms with Crippen LogP contribution < -0.4 is 4.74 Å². The van der Waals surface area contributed by atoms with E-state index in [1.54, 1.807) is 0 Å². The highest BCUT2D eigenvalue weighted by Gasteiger charge is 1.88. The molecule has 0 aliphatic rings. The van der Waals surface area contributed by atoms with Gasteiger partial charge in [-0.1, -0.05) is 13.0 Å². The fourth-order valence-corrected chi connectivity index (χ4v) is 1.04. The molecule has 0 N–H and O–H groups in total. The molecule has 0 radical (unpaired) electrons. The van der Waals surface area contributed by atoms with Crippen molar-refractivity contribution < 1.29 is 4.74 Å². The number of ether oxygens (including phenoxy) is 1. The summed E-state index contributed by atoms with van der Waals surface area (Å²) in [6.45, 7) is 2.84. The minimum Gasteiger partial charge on any atom is -0.477 e. The Morgan fingerprint density at radius 1 is 1.70 bits per heavy atom. The van der Waals surface area contributed by atoms with Crippen LogP contribution in [0.1, 0.15) is 13.3 Å². The van der Waals surface area contributed by atoms with Crippen molar-refractivity contribution in [2.45, 2.75) is 13.3 Å². The molecule has 0 aromatic carbocycles. The molecule has 0 atom stereocenters. The van der Waals surface area contributed by atoms with Gasteiger partial charge in [0.1, 0.15) is 0 Å². The minimum atomic E-state index is 0.756. The molecule has 10 heavy (non-hydrogen) atoms. The Balaban J connectivity index is 2.43. The Hall–Kier alpha value is -0.620. The highest BCUT2D eigenvalue weighted by Crippen LogP contribution is 2.09. The van der Waals surface area contributed by atoms with E-state index in [0.717, 1.165) is 27.3 Å². The van der Waals surface area contributed by atoms with Crippen LogP contribution in [0.5, 0.6) is 5.88 Å². The Morgan fingerprint density at radius 2 is 2.60 bits per heavy atom. The number of hydrogen-bond acceptors (Lipinski definition) is 2. The van der Waals surface area contributed by atoms with Crippen LogP contribution in [-0.4, -0.2) is 11.4 Å². The van der Waals surface area contributed by atoms with Gasteiger partial charge in [-0.05, 0) is 12.2 Å². The maximum absolute atomic E-state index is 5.27. The largest absolute Gasteiger partial charge is 0.477 e. The minimum absolute atomic E-state index is 0.756. The first kappa shape index (κ1) is 7.49. The van der Waals surface area contributed by atoms with Gasteiger partial charge in [0.25, 0.3) is 0 Å². The molecular weight excluding hydrogens is 145 g/mol. The molecule has 1 aromatic heterocycles. The van der Waals surface area contributed by atoms with Gasteiger partial charge >= 0.3 is 0 Å². The van der Waals surface area contributed by atoms with Crippen molar-refractivity contribution in [3.8, 4) is 5.88 Å². The number of aromatic nitrogens is 1. The SMILES string of the molecule is CCCOc1cccpn1. The summed E-state index contributed by atoms with van der Waals surface area (Å²) in [4.78, 5) is 0. The predicted octanol–water partition coefficient (Wildman–Crippen LogP) is 2.45. The molecule has 1 heterocycles. The van der Waals surface area contributed by atoms with E-state index in [0.29, 0.717) is 0 Å². The van der Waals surface area contributed by atoms with Crippen molar-refractivity contribution in [1.82, 2.24) is 4.75 Å². The third kappa shape index (κ3) is 2.32. The lowest BCUT2D eigenvalue weighted by atomic mass is 10.5. The number of hydrogen-bond donors (Lipinski definition) is 0. The molecule has 0 saturated heterocycles. The van der Waals surface area contributed by atoms with Crippen molar-refractivity contribution in [3.05, 3.63) is 17.9 Å². The quantitative estimate of drug-likeness (QED) is 0.668. The smallest absolute Gasteiger partial charge is 0.217 e. The Labute approximate surface area is 62.4 Å². The van der Waals surface area contributed by atoms with Crippen LogP contribution in [0.25, 0.3) is 0 Å². The molecular formula is C7H10NOP. The van der Waals surface area contributed by atoms with E-state index >= 15 is 0 Å². The zero-order valence-corrected chi connectivity index (χ0v) is 6.84. The monoisotopic (exact) mass is 155 g/mol. The molecule has 1 rings (SSSR count). The van der Waals surface area contributed by atoms with Crippen LogP contribution in [0.4, 0.5) is 0 Å². The van der Waals surface area contributed by atoms with E-state index in [-0.39, 0.29) is 0 Å². The van der Waals surface area contributed by atoms with Crippen molar-refractivity contribution in [1.29, 1.82) is 0 Å². The lowest BCUT2D eigenvalue weighted by Crippen LogP contribution is -1.94. The van der Waals surface area contributed by atoms with Crippen LogP contribution in [0, 0.1) is 0 Å². The second kappa shape index (κ2) is 4.24. The van der Waals surface area contributed by atoms with Gasteiger partial charge in [0.15, 0.2) is 0 Å². The summed E-state index contributed by atoms with van der Waals surface area (Å²) in [6.07, 6.45) is 1.04. The molecule has 0 aliphatic heterocycles. The topological polar surface area (TPSA) is 22.1 Å². The molecule has 54 valence electrons. The van der Waals surface area contributed by atoms with Gasteiger partial charge in [0.2, 0.25) is 5.88 Å². The molecule has 0 fully saturated rings. The average Bonchev–Trinajstić information content (AvgIpc) is 2.03. The van der Waals surface area contributed by atoms with Crippen LogP contribution >= 0.6 is 8.35 Å².